The van der Waals surface area contributed by atoms with E-state index in [-0.39, 0.29) is 11.9 Å². The van der Waals surface area contributed by atoms with E-state index in [0.717, 1.165) is 25.4 Å². The molecular weight excluding hydrogens is 255 g/mol. The highest BCUT2D eigenvalue weighted by Gasteiger charge is 2.24. The van der Waals surface area contributed by atoms with Gasteiger partial charge in [-0.15, -0.1) is 0 Å². The molecule has 1 aliphatic rings. The Hall–Kier alpha value is -1.13. The topological polar surface area (TPSA) is 24.5 Å². The number of ether oxygens (including phenoxy) is 1. The number of rotatable bonds is 8. The zero-order valence-corrected chi connectivity index (χ0v) is 12.7. The second kappa shape index (κ2) is 7.04. The molecule has 0 aliphatic heterocycles. The Morgan fingerprint density at radius 3 is 2.80 bits per heavy atom. The first-order valence-corrected chi connectivity index (χ1v) is 7.34. The Morgan fingerprint density at radius 2 is 2.20 bits per heavy atom. The smallest absolute Gasteiger partial charge is 0.131 e. The second-order valence-electron chi connectivity index (χ2n) is 5.69. The summed E-state index contributed by atoms with van der Waals surface area (Å²) < 4.78 is 19.4. The van der Waals surface area contributed by atoms with Crippen molar-refractivity contribution in [3.05, 3.63) is 29.6 Å². The minimum Gasteiger partial charge on any atom is -0.496 e. The zero-order chi connectivity index (χ0) is 14.5. The van der Waals surface area contributed by atoms with Crippen molar-refractivity contribution in [2.24, 2.45) is 5.92 Å². The van der Waals surface area contributed by atoms with Crippen molar-refractivity contribution in [1.29, 1.82) is 0 Å². The van der Waals surface area contributed by atoms with Gasteiger partial charge in [0.15, 0.2) is 0 Å². The number of benzene rings is 1. The van der Waals surface area contributed by atoms with Crippen LogP contribution in [0.25, 0.3) is 0 Å². The van der Waals surface area contributed by atoms with Crippen molar-refractivity contribution < 1.29 is 9.13 Å². The molecule has 1 unspecified atom stereocenters. The number of nitrogens with one attached hydrogen (secondary N) is 1. The molecule has 0 amide bonds. The Bertz CT molecular complexity index is 434. The molecule has 1 atom stereocenters. The highest BCUT2D eigenvalue weighted by Crippen LogP contribution is 2.31. The first kappa shape index (κ1) is 15.3. The van der Waals surface area contributed by atoms with Gasteiger partial charge in [-0.3, -0.25) is 0 Å². The van der Waals surface area contributed by atoms with E-state index in [1.54, 1.807) is 13.2 Å². The summed E-state index contributed by atoms with van der Waals surface area (Å²) in [7, 11) is 5.60. The molecule has 1 aliphatic carbocycles. The Labute approximate surface area is 121 Å². The standard InChI is InChI=1S/C16H25FN2O/c1-18-14(9-10-19(2)11-12-7-8-12)16-13(17)5-4-6-15(16)20-3/h4-6,12,14,18H,7-11H2,1-3H3. The number of methoxy groups -OCH3 is 1. The Balaban J connectivity index is 1.99. The van der Waals surface area contributed by atoms with Crippen molar-refractivity contribution >= 4 is 0 Å². The predicted octanol–water partition coefficient (Wildman–Crippen LogP) is 2.83. The van der Waals surface area contributed by atoms with Crippen LogP contribution in [-0.4, -0.2) is 39.2 Å². The van der Waals surface area contributed by atoms with Gasteiger partial charge in [0, 0.05) is 18.2 Å². The average molecular weight is 280 g/mol. The lowest BCUT2D eigenvalue weighted by atomic mass is 10.0. The monoisotopic (exact) mass is 280 g/mol. The molecule has 0 aromatic heterocycles. The van der Waals surface area contributed by atoms with Crippen molar-refractivity contribution in [2.75, 3.05) is 34.3 Å². The van der Waals surface area contributed by atoms with Gasteiger partial charge in [-0.2, -0.15) is 0 Å². The largest absolute Gasteiger partial charge is 0.496 e. The van der Waals surface area contributed by atoms with E-state index in [1.807, 2.05) is 13.1 Å². The number of nitrogens with zero attached hydrogens (tertiary/aromatic N) is 1. The zero-order valence-electron chi connectivity index (χ0n) is 12.7. The van der Waals surface area contributed by atoms with Gasteiger partial charge in [-0.25, -0.2) is 4.39 Å². The van der Waals surface area contributed by atoms with E-state index >= 15 is 0 Å². The van der Waals surface area contributed by atoms with Crippen LogP contribution < -0.4 is 10.1 Å². The van der Waals surface area contributed by atoms with E-state index < -0.39 is 0 Å². The molecule has 4 heteroatoms. The summed E-state index contributed by atoms with van der Waals surface area (Å²) in [4.78, 5) is 2.34. The van der Waals surface area contributed by atoms with Crippen molar-refractivity contribution in [3.63, 3.8) is 0 Å². The van der Waals surface area contributed by atoms with Gasteiger partial charge >= 0.3 is 0 Å². The van der Waals surface area contributed by atoms with Gasteiger partial charge in [0.05, 0.1) is 7.11 Å². The number of halogens is 1. The van der Waals surface area contributed by atoms with Crippen LogP contribution in [0.1, 0.15) is 30.9 Å². The molecule has 0 bridgehead atoms. The minimum absolute atomic E-state index is 0.0206. The normalized spacial score (nSPS) is 16.4. The predicted molar refractivity (Wildman–Crippen MR) is 79.6 cm³/mol. The second-order valence-corrected chi connectivity index (χ2v) is 5.69. The Morgan fingerprint density at radius 1 is 1.45 bits per heavy atom. The van der Waals surface area contributed by atoms with Crippen LogP contribution in [0.2, 0.25) is 0 Å². The van der Waals surface area contributed by atoms with Crippen LogP contribution in [0.5, 0.6) is 5.75 Å². The SMILES string of the molecule is CNC(CCN(C)CC1CC1)c1c(F)cccc1OC. The van der Waals surface area contributed by atoms with Crippen molar-refractivity contribution in [1.82, 2.24) is 10.2 Å². The maximum absolute atomic E-state index is 14.1. The van der Waals surface area contributed by atoms with Crippen LogP contribution in [0.4, 0.5) is 4.39 Å². The fourth-order valence-electron chi connectivity index (χ4n) is 2.65. The van der Waals surface area contributed by atoms with Gasteiger partial charge in [0.25, 0.3) is 0 Å². The minimum atomic E-state index is -0.200. The van der Waals surface area contributed by atoms with Crippen LogP contribution in [0.3, 0.4) is 0 Å². The fourth-order valence-corrected chi connectivity index (χ4v) is 2.65. The molecule has 20 heavy (non-hydrogen) atoms. The first-order chi connectivity index (χ1) is 9.65. The third-order valence-corrected chi connectivity index (χ3v) is 4.00. The van der Waals surface area contributed by atoms with E-state index in [1.165, 1.54) is 18.9 Å². The lowest BCUT2D eigenvalue weighted by molar-refractivity contribution is 0.295. The lowest BCUT2D eigenvalue weighted by Crippen LogP contribution is -2.27. The summed E-state index contributed by atoms with van der Waals surface area (Å²) in [5.74, 6) is 1.30. The highest BCUT2D eigenvalue weighted by atomic mass is 19.1. The van der Waals surface area contributed by atoms with Crippen LogP contribution >= 0.6 is 0 Å². The number of hydrogen-bond acceptors (Lipinski definition) is 3. The Kier molecular flexibility index (Phi) is 5.38. The van der Waals surface area contributed by atoms with Crippen LogP contribution in [-0.2, 0) is 0 Å². The summed E-state index contributed by atoms with van der Waals surface area (Å²) >= 11 is 0. The number of hydrogen-bond donors (Lipinski definition) is 1. The molecule has 1 aromatic rings. The van der Waals surface area contributed by atoms with Crippen LogP contribution in [0.15, 0.2) is 18.2 Å². The van der Waals surface area contributed by atoms with Crippen LogP contribution in [0, 0.1) is 11.7 Å². The maximum atomic E-state index is 14.1. The summed E-state index contributed by atoms with van der Waals surface area (Å²) in [5.41, 5.74) is 0.636. The molecule has 3 nitrogen and oxygen atoms in total. The summed E-state index contributed by atoms with van der Waals surface area (Å²) in [6.07, 6.45) is 3.60. The summed E-state index contributed by atoms with van der Waals surface area (Å²) in [6, 6.07) is 4.98. The lowest BCUT2D eigenvalue weighted by Gasteiger charge is -2.23. The molecular formula is C16H25FN2O. The van der Waals surface area contributed by atoms with E-state index in [9.17, 15) is 4.39 Å². The summed E-state index contributed by atoms with van der Waals surface area (Å²) in [5, 5.41) is 3.21. The quantitative estimate of drug-likeness (QED) is 0.792. The van der Waals surface area contributed by atoms with Gasteiger partial charge in [0.1, 0.15) is 11.6 Å². The molecule has 1 aromatic carbocycles. The summed E-state index contributed by atoms with van der Waals surface area (Å²) in [6.45, 7) is 2.12. The molecule has 1 fully saturated rings. The van der Waals surface area contributed by atoms with Crippen molar-refractivity contribution in [3.8, 4) is 5.75 Å². The maximum Gasteiger partial charge on any atom is 0.131 e. The van der Waals surface area contributed by atoms with Gasteiger partial charge in [-0.1, -0.05) is 6.07 Å². The third-order valence-electron chi connectivity index (χ3n) is 4.00. The highest BCUT2D eigenvalue weighted by molar-refractivity contribution is 5.37. The van der Waals surface area contributed by atoms with Gasteiger partial charge in [-0.05, 0) is 58.0 Å². The molecule has 1 N–H and O–H groups in total. The van der Waals surface area contributed by atoms with Gasteiger partial charge in [0.2, 0.25) is 0 Å². The molecule has 112 valence electrons. The van der Waals surface area contributed by atoms with E-state index in [2.05, 4.69) is 17.3 Å². The molecule has 2 rings (SSSR count). The van der Waals surface area contributed by atoms with Crippen molar-refractivity contribution in [2.45, 2.75) is 25.3 Å². The van der Waals surface area contributed by atoms with Gasteiger partial charge < -0.3 is 15.0 Å². The molecule has 0 radical (unpaired) electrons. The fraction of sp³-hybridized carbons (Fsp3) is 0.625. The average Bonchev–Trinajstić information content (AvgIpc) is 3.24. The van der Waals surface area contributed by atoms with E-state index in [0.29, 0.717) is 11.3 Å². The third kappa shape index (κ3) is 3.93. The molecule has 0 saturated heterocycles. The molecule has 0 heterocycles. The first-order valence-electron chi connectivity index (χ1n) is 7.34. The van der Waals surface area contributed by atoms with E-state index in [4.69, 9.17) is 4.74 Å². The molecule has 0 spiro atoms. The molecule has 1 saturated carbocycles.